The van der Waals surface area contributed by atoms with Gasteiger partial charge in [-0.15, -0.1) is 0 Å². The van der Waals surface area contributed by atoms with E-state index in [0.29, 0.717) is 41.6 Å². The van der Waals surface area contributed by atoms with Crippen molar-refractivity contribution in [3.63, 3.8) is 0 Å². The Labute approximate surface area is 177 Å². The van der Waals surface area contributed by atoms with Gasteiger partial charge < -0.3 is 23.9 Å². The van der Waals surface area contributed by atoms with Crippen LogP contribution >= 0.6 is 0 Å². The zero-order chi connectivity index (χ0) is 21.4. The second kappa shape index (κ2) is 7.64. The number of Topliss-reactive ketones (excluding diaryl/α,β-unsaturated/α-hetero) is 1. The summed E-state index contributed by atoms with van der Waals surface area (Å²) in [7, 11) is 0. The molecular formula is C23H18N2O6. The minimum atomic E-state index is -0.790. The summed E-state index contributed by atoms with van der Waals surface area (Å²) >= 11 is 0. The van der Waals surface area contributed by atoms with Crippen molar-refractivity contribution in [2.24, 2.45) is 0 Å². The minimum Gasteiger partial charge on any atom is -0.507 e. The van der Waals surface area contributed by atoms with Crippen LogP contribution in [0, 0.1) is 0 Å². The van der Waals surface area contributed by atoms with Crippen molar-refractivity contribution >= 4 is 17.4 Å². The first-order valence-corrected chi connectivity index (χ1v) is 9.74. The monoisotopic (exact) mass is 418 g/mol. The van der Waals surface area contributed by atoms with Crippen molar-refractivity contribution in [2.45, 2.75) is 12.6 Å². The highest BCUT2D eigenvalue weighted by atomic mass is 16.6. The Balaban J connectivity index is 1.63. The molecule has 1 unspecified atom stereocenters. The summed E-state index contributed by atoms with van der Waals surface area (Å²) in [6, 6.07) is 11.0. The maximum Gasteiger partial charge on any atom is 0.296 e. The summed E-state index contributed by atoms with van der Waals surface area (Å²) in [5.41, 5.74) is 1.01. The molecule has 0 saturated carbocycles. The zero-order valence-electron chi connectivity index (χ0n) is 16.4. The maximum atomic E-state index is 13.0. The molecule has 8 heteroatoms. The van der Waals surface area contributed by atoms with Crippen LogP contribution < -0.4 is 9.47 Å². The summed E-state index contributed by atoms with van der Waals surface area (Å²) < 4.78 is 16.5. The highest BCUT2D eigenvalue weighted by Crippen LogP contribution is 2.41. The number of carbonyl (C=O) groups is 2. The van der Waals surface area contributed by atoms with Crippen LogP contribution in [0.15, 0.2) is 71.1 Å². The van der Waals surface area contributed by atoms with Crippen LogP contribution in [0.4, 0.5) is 0 Å². The van der Waals surface area contributed by atoms with Crippen LogP contribution in [0.1, 0.15) is 22.9 Å². The molecule has 5 rings (SSSR count). The first-order chi connectivity index (χ1) is 15.1. The fraction of sp³-hybridized carbons (Fsp3) is 0.174. The van der Waals surface area contributed by atoms with E-state index in [1.807, 2.05) is 0 Å². The number of aliphatic hydroxyl groups is 1. The van der Waals surface area contributed by atoms with Gasteiger partial charge in [0, 0.05) is 18.0 Å². The average Bonchev–Trinajstić information content (AvgIpc) is 3.41. The van der Waals surface area contributed by atoms with E-state index in [9.17, 15) is 14.7 Å². The van der Waals surface area contributed by atoms with Gasteiger partial charge in [-0.25, -0.2) is 0 Å². The minimum absolute atomic E-state index is 0.000524. The molecule has 31 heavy (non-hydrogen) atoms. The molecular weight excluding hydrogens is 400 g/mol. The second-order valence-corrected chi connectivity index (χ2v) is 7.15. The van der Waals surface area contributed by atoms with Crippen LogP contribution in [-0.4, -0.2) is 39.9 Å². The normalized spacial score (nSPS) is 19.6. The lowest BCUT2D eigenvalue weighted by molar-refractivity contribution is -0.140. The number of hydrogen-bond acceptors (Lipinski definition) is 7. The lowest BCUT2D eigenvalue weighted by Crippen LogP contribution is -2.29. The number of amides is 1. The topological polar surface area (TPSA) is 102 Å². The number of benzene rings is 1. The van der Waals surface area contributed by atoms with Crippen molar-refractivity contribution in [3.8, 4) is 11.5 Å². The highest BCUT2D eigenvalue weighted by Gasteiger charge is 2.46. The van der Waals surface area contributed by atoms with Gasteiger partial charge in [0.25, 0.3) is 11.7 Å². The third-order valence-corrected chi connectivity index (χ3v) is 5.28. The van der Waals surface area contributed by atoms with Gasteiger partial charge in [0.1, 0.15) is 24.7 Å². The van der Waals surface area contributed by atoms with Crippen LogP contribution in [0.2, 0.25) is 0 Å². The quantitative estimate of drug-likeness (QED) is 0.395. The molecule has 2 aromatic heterocycles. The Morgan fingerprint density at radius 3 is 2.58 bits per heavy atom. The van der Waals surface area contributed by atoms with Gasteiger partial charge in [0.15, 0.2) is 11.5 Å². The smallest absolute Gasteiger partial charge is 0.296 e. The molecule has 0 spiro atoms. The number of nitrogens with zero attached hydrogens (tertiary/aromatic N) is 2. The molecule has 2 aliphatic heterocycles. The van der Waals surface area contributed by atoms with Gasteiger partial charge in [-0.1, -0.05) is 0 Å². The molecule has 0 radical (unpaired) electrons. The molecule has 0 bridgehead atoms. The number of ether oxygens (including phenoxy) is 2. The van der Waals surface area contributed by atoms with Gasteiger partial charge in [-0.2, -0.15) is 0 Å². The molecule has 1 fully saturated rings. The molecule has 1 amide bonds. The van der Waals surface area contributed by atoms with Crippen LogP contribution in [0.3, 0.4) is 0 Å². The number of rotatable bonds is 4. The van der Waals surface area contributed by atoms with E-state index in [0.717, 1.165) is 0 Å². The number of likely N-dealkylation sites (tertiary alicyclic amines) is 1. The van der Waals surface area contributed by atoms with Crippen molar-refractivity contribution in [2.75, 3.05) is 13.2 Å². The fourth-order valence-corrected chi connectivity index (χ4v) is 3.85. The largest absolute Gasteiger partial charge is 0.507 e. The molecule has 1 N–H and O–H groups in total. The maximum absolute atomic E-state index is 13.0. The van der Waals surface area contributed by atoms with Crippen LogP contribution in [-0.2, 0) is 16.1 Å². The molecule has 0 aliphatic carbocycles. The predicted molar refractivity (Wildman–Crippen MR) is 108 cm³/mol. The fourth-order valence-electron chi connectivity index (χ4n) is 3.85. The van der Waals surface area contributed by atoms with E-state index in [4.69, 9.17) is 13.9 Å². The number of carbonyl (C=O) groups excluding carboxylic acids is 2. The predicted octanol–water partition coefficient (Wildman–Crippen LogP) is 3.07. The van der Waals surface area contributed by atoms with Gasteiger partial charge >= 0.3 is 0 Å². The SMILES string of the molecule is O=C1C(=O)N(Cc2ccco2)C(c2ccncc2)C1=C(O)c1ccc2c(c1)OCCO2. The zero-order valence-corrected chi connectivity index (χ0v) is 16.4. The third-order valence-electron chi connectivity index (χ3n) is 5.28. The number of furan rings is 1. The van der Waals surface area contributed by atoms with Crippen molar-refractivity contribution in [3.05, 3.63) is 83.6 Å². The molecule has 156 valence electrons. The molecule has 4 heterocycles. The van der Waals surface area contributed by atoms with E-state index in [1.165, 1.54) is 11.2 Å². The molecule has 1 aromatic carbocycles. The lowest BCUT2D eigenvalue weighted by atomic mass is 9.95. The third kappa shape index (κ3) is 3.31. The standard InChI is InChI=1S/C23H18N2O6/c26-21(15-3-4-17-18(12-15)31-11-10-30-17)19-20(14-5-7-24-8-6-14)25(23(28)22(19)27)13-16-2-1-9-29-16/h1-9,12,20,26H,10-11,13H2. The van der Waals surface area contributed by atoms with Crippen LogP contribution in [0.5, 0.6) is 11.5 Å². The first kappa shape index (κ1) is 18.9. The number of aliphatic hydroxyl groups excluding tert-OH is 1. The van der Waals surface area contributed by atoms with E-state index >= 15 is 0 Å². The Hall–Kier alpha value is -4.07. The molecule has 1 saturated heterocycles. The Morgan fingerprint density at radius 1 is 1.06 bits per heavy atom. The summed E-state index contributed by atoms with van der Waals surface area (Å²) in [4.78, 5) is 31.3. The van der Waals surface area contributed by atoms with E-state index in [1.54, 1.807) is 54.9 Å². The van der Waals surface area contributed by atoms with Gasteiger partial charge in [0.2, 0.25) is 0 Å². The average molecular weight is 418 g/mol. The Morgan fingerprint density at radius 2 is 1.84 bits per heavy atom. The number of pyridine rings is 1. The van der Waals surface area contributed by atoms with E-state index in [2.05, 4.69) is 4.98 Å². The summed E-state index contributed by atoms with van der Waals surface area (Å²) in [6.45, 7) is 0.919. The highest BCUT2D eigenvalue weighted by molar-refractivity contribution is 6.46. The van der Waals surface area contributed by atoms with E-state index < -0.39 is 17.7 Å². The lowest BCUT2D eigenvalue weighted by Gasteiger charge is -2.24. The summed E-state index contributed by atoms with van der Waals surface area (Å²) in [5.74, 6) is -0.190. The summed E-state index contributed by atoms with van der Waals surface area (Å²) in [5, 5.41) is 11.1. The molecule has 8 nitrogen and oxygen atoms in total. The number of aromatic nitrogens is 1. The first-order valence-electron chi connectivity index (χ1n) is 9.74. The van der Waals surface area contributed by atoms with Crippen molar-refractivity contribution in [1.29, 1.82) is 0 Å². The molecule has 3 aromatic rings. The Kier molecular flexibility index (Phi) is 4.66. The molecule has 2 aliphatic rings. The number of ketones is 1. The van der Waals surface area contributed by atoms with Gasteiger partial charge in [-0.05, 0) is 48.0 Å². The number of fused-ring (bicyclic) bond motifs is 1. The second-order valence-electron chi connectivity index (χ2n) is 7.15. The van der Waals surface area contributed by atoms with Crippen molar-refractivity contribution < 1.29 is 28.6 Å². The summed E-state index contributed by atoms with van der Waals surface area (Å²) in [6.07, 6.45) is 4.65. The molecule has 1 atom stereocenters. The number of hydrogen-bond donors (Lipinski definition) is 1. The van der Waals surface area contributed by atoms with Crippen molar-refractivity contribution in [1.82, 2.24) is 9.88 Å². The van der Waals surface area contributed by atoms with Gasteiger partial charge in [0.05, 0.1) is 24.4 Å². The van der Waals surface area contributed by atoms with E-state index in [-0.39, 0.29) is 17.9 Å². The van der Waals surface area contributed by atoms with Crippen LogP contribution in [0.25, 0.3) is 5.76 Å². The van der Waals surface area contributed by atoms with Gasteiger partial charge in [-0.3, -0.25) is 14.6 Å². The Bertz CT molecular complexity index is 1170.